The molecule has 1 rings (SSSR count). The topological polar surface area (TPSA) is 28.7 Å². The van der Waals surface area contributed by atoms with Gasteiger partial charge in [0.15, 0.2) is 0 Å². The van der Waals surface area contributed by atoms with Crippen LogP contribution in [0.3, 0.4) is 0 Å². The van der Waals surface area contributed by atoms with Gasteiger partial charge >= 0.3 is 0 Å². The van der Waals surface area contributed by atoms with Crippen LogP contribution in [0.2, 0.25) is 0 Å². The van der Waals surface area contributed by atoms with Gasteiger partial charge in [-0.3, -0.25) is 0 Å². The lowest BCUT2D eigenvalue weighted by atomic mass is 10.2. The zero-order valence-corrected chi connectivity index (χ0v) is 7.43. The lowest BCUT2D eigenvalue weighted by Crippen LogP contribution is -1.92. The normalized spacial score (nSPS) is 13.3. The summed E-state index contributed by atoms with van der Waals surface area (Å²) in [6.45, 7) is 2.16. The second-order valence-electron chi connectivity index (χ2n) is 2.58. The second kappa shape index (κ2) is 4.39. The summed E-state index contributed by atoms with van der Waals surface area (Å²) >= 11 is 6.03. The molecule has 0 aliphatic carbocycles. The maximum atomic E-state index is 6.03. The van der Waals surface area contributed by atoms with E-state index in [1.54, 1.807) is 12.4 Å². The highest BCUT2D eigenvalue weighted by molar-refractivity contribution is 6.20. The van der Waals surface area contributed by atoms with Crippen molar-refractivity contribution < 1.29 is 0 Å². The average Bonchev–Trinajstić information content (AvgIpc) is 2.52. The molecular weight excluding hydrogens is 160 g/mol. The second-order valence-corrected chi connectivity index (χ2v) is 3.11. The molecule has 0 aromatic carbocycles. The van der Waals surface area contributed by atoms with Crippen LogP contribution < -0.4 is 0 Å². The molecule has 2 nitrogen and oxygen atoms in total. The maximum absolute atomic E-state index is 6.03. The molecule has 0 aliphatic heterocycles. The molecule has 0 fully saturated rings. The van der Waals surface area contributed by atoms with Gasteiger partial charge < -0.3 is 4.98 Å². The first-order chi connectivity index (χ1) is 5.34. The van der Waals surface area contributed by atoms with Gasteiger partial charge in [0, 0.05) is 12.4 Å². The summed E-state index contributed by atoms with van der Waals surface area (Å²) in [5.41, 5.74) is 0. The molecule has 0 spiro atoms. The van der Waals surface area contributed by atoms with E-state index in [2.05, 4.69) is 16.9 Å². The van der Waals surface area contributed by atoms with Crippen molar-refractivity contribution in [3.8, 4) is 0 Å². The van der Waals surface area contributed by atoms with E-state index in [0.717, 1.165) is 18.7 Å². The van der Waals surface area contributed by atoms with Crippen molar-refractivity contribution in [1.82, 2.24) is 9.97 Å². The molecule has 1 aromatic heterocycles. The number of H-pyrrole nitrogens is 1. The Labute approximate surface area is 72.0 Å². The molecule has 62 valence electrons. The van der Waals surface area contributed by atoms with Gasteiger partial charge in [0.25, 0.3) is 0 Å². The minimum atomic E-state index is 0.0601. The zero-order valence-electron chi connectivity index (χ0n) is 6.68. The summed E-state index contributed by atoms with van der Waals surface area (Å²) in [6, 6.07) is 0. The van der Waals surface area contributed by atoms with Gasteiger partial charge in [0.2, 0.25) is 0 Å². The molecular formula is C8H13ClN2. The molecule has 0 saturated carbocycles. The van der Waals surface area contributed by atoms with E-state index in [4.69, 9.17) is 11.6 Å². The fraction of sp³-hybridized carbons (Fsp3) is 0.625. The van der Waals surface area contributed by atoms with Gasteiger partial charge in [-0.2, -0.15) is 0 Å². The van der Waals surface area contributed by atoms with E-state index < -0.39 is 0 Å². The van der Waals surface area contributed by atoms with Crippen LogP contribution in [0.1, 0.15) is 37.4 Å². The van der Waals surface area contributed by atoms with Crippen LogP contribution in [0.5, 0.6) is 0 Å². The number of imidazole rings is 1. The third kappa shape index (κ3) is 2.54. The van der Waals surface area contributed by atoms with Crippen molar-refractivity contribution in [2.45, 2.75) is 31.6 Å². The van der Waals surface area contributed by atoms with Crippen molar-refractivity contribution in [2.75, 3.05) is 0 Å². The summed E-state index contributed by atoms with van der Waals surface area (Å²) in [6.07, 6.45) is 6.89. The van der Waals surface area contributed by atoms with Crippen molar-refractivity contribution in [3.05, 3.63) is 18.2 Å². The van der Waals surface area contributed by atoms with Gasteiger partial charge in [-0.15, -0.1) is 11.6 Å². The average molecular weight is 173 g/mol. The first-order valence-electron chi connectivity index (χ1n) is 3.98. The quantitative estimate of drug-likeness (QED) is 0.696. The number of nitrogens with zero attached hydrogens (tertiary/aromatic N) is 1. The molecule has 0 aliphatic rings. The Morgan fingerprint density at radius 1 is 1.73 bits per heavy atom. The smallest absolute Gasteiger partial charge is 0.124 e. The third-order valence-electron chi connectivity index (χ3n) is 1.63. The minimum absolute atomic E-state index is 0.0601. The molecule has 1 aromatic rings. The Hall–Kier alpha value is -0.500. The molecule has 0 saturated heterocycles. The maximum Gasteiger partial charge on any atom is 0.124 e. The highest BCUT2D eigenvalue weighted by Gasteiger charge is 2.07. The summed E-state index contributed by atoms with van der Waals surface area (Å²) in [7, 11) is 0. The first kappa shape index (κ1) is 8.60. The molecule has 11 heavy (non-hydrogen) atoms. The minimum Gasteiger partial charge on any atom is -0.347 e. The Bertz CT molecular complexity index is 184. The number of halogens is 1. The largest absolute Gasteiger partial charge is 0.347 e. The third-order valence-corrected chi connectivity index (χ3v) is 2.05. The Balaban J connectivity index is 2.36. The van der Waals surface area contributed by atoms with Gasteiger partial charge in [0.05, 0.1) is 5.38 Å². The molecule has 3 heteroatoms. The van der Waals surface area contributed by atoms with Crippen LogP contribution in [-0.4, -0.2) is 9.97 Å². The van der Waals surface area contributed by atoms with Crippen LogP contribution in [-0.2, 0) is 0 Å². The predicted molar refractivity (Wildman–Crippen MR) is 46.7 cm³/mol. The number of nitrogens with one attached hydrogen (secondary N) is 1. The standard InChI is InChI=1S/C8H13ClN2/c1-2-3-4-7(9)8-10-5-6-11-8/h5-7H,2-4H2,1H3,(H,10,11). The summed E-state index contributed by atoms with van der Waals surface area (Å²) in [4.78, 5) is 7.08. The number of aromatic amines is 1. The van der Waals surface area contributed by atoms with Gasteiger partial charge in [0.1, 0.15) is 5.82 Å². The van der Waals surface area contributed by atoms with Crippen molar-refractivity contribution in [1.29, 1.82) is 0 Å². The predicted octanol–water partition coefficient (Wildman–Crippen LogP) is 2.88. The van der Waals surface area contributed by atoms with Crippen LogP contribution in [0, 0.1) is 0 Å². The summed E-state index contributed by atoms with van der Waals surface area (Å²) in [5, 5.41) is 0.0601. The summed E-state index contributed by atoms with van der Waals surface area (Å²) < 4.78 is 0. The molecule has 0 amide bonds. The fourth-order valence-electron chi connectivity index (χ4n) is 0.969. The van der Waals surface area contributed by atoms with Gasteiger partial charge in [-0.25, -0.2) is 4.98 Å². The van der Waals surface area contributed by atoms with E-state index >= 15 is 0 Å². The van der Waals surface area contributed by atoms with Crippen LogP contribution >= 0.6 is 11.6 Å². The van der Waals surface area contributed by atoms with E-state index in [1.807, 2.05) is 0 Å². The van der Waals surface area contributed by atoms with Gasteiger partial charge in [-0.1, -0.05) is 19.8 Å². The Morgan fingerprint density at radius 2 is 2.55 bits per heavy atom. The van der Waals surface area contributed by atoms with Crippen molar-refractivity contribution in [2.24, 2.45) is 0 Å². The highest BCUT2D eigenvalue weighted by atomic mass is 35.5. The zero-order chi connectivity index (χ0) is 8.10. The highest BCUT2D eigenvalue weighted by Crippen LogP contribution is 2.22. The number of rotatable bonds is 4. The number of unbranched alkanes of at least 4 members (excludes halogenated alkanes) is 1. The van der Waals surface area contributed by atoms with E-state index in [-0.39, 0.29) is 5.38 Å². The molecule has 0 bridgehead atoms. The van der Waals surface area contributed by atoms with E-state index in [9.17, 15) is 0 Å². The number of alkyl halides is 1. The first-order valence-corrected chi connectivity index (χ1v) is 4.41. The Morgan fingerprint density at radius 3 is 3.09 bits per heavy atom. The van der Waals surface area contributed by atoms with Crippen LogP contribution in [0.4, 0.5) is 0 Å². The summed E-state index contributed by atoms with van der Waals surface area (Å²) in [5.74, 6) is 0.889. The fourth-order valence-corrected chi connectivity index (χ4v) is 1.24. The molecule has 1 N–H and O–H groups in total. The van der Waals surface area contributed by atoms with E-state index in [0.29, 0.717) is 0 Å². The van der Waals surface area contributed by atoms with Gasteiger partial charge in [-0.05, 0) is 6.42 Å². The molecule has 1 atom stereocenters. The Kier molecular flexibility index (Phi) is 3.43. The van der Waals surface area contributed by atoms with E-state index in [1.165, 1.54) is 6.42 Å². The SMILES string of the molecule is CCCCC(Cl)c1ncc[nH]1. The number of hydrogen-bond donors (Lipinski definition) is 1. The van der Waals surface area contributed by atoms with Crippen LogP contribution in [0.25, 0.3) is 0 Å². The van der Waals surface area contributed by atoms with Crippen LogP contribution in [0.15, 0.2) is 12.4 Å². The monoisotopic (exact) mass is 172 g/mol. The number of aromatic nitrogens is 2. The van der Waals surface area contributed by atoms with Crippen molar-refractivity contribution in [3.63, 3.8) is 0 Å². The lowest BCUT2D eigenvalue weighted by Gasteiger charge is -2.03. The number of hydrogen-bond acceptors (Lipinski definition) is 1. The molecule has 0 radical (unpaired) electrons. The molecule has 1 unspecified atom stereocenters. The van der Waals surface area contributed by atoms with Crippen molar-refractivity contribution >= 4 is 11.6 Å². The lowest BCUT2D eigenvalue weighted by molar-refractivity contribution is 0.681. The molecule has 1 heterocycles.